The Bertz CT molecular complexity index is 542. The van der Waals surface area contributed by atoms with Crippen molar-refractivity contribution in [1.29, 1.82) is 0 Å². The highest BCUT2D eigenvalue weighted by molar-refractivity contribution is 5.78. The highest BCUT2D eigenvalue weighted by Crippen LogP contribution is 2.41. The number of ether oxygens (including phenoxy) is 1. The number of carbonyl (C=O) groups is 1. The Hall–Kier alpha value is -1.59. The van der Waals surface area contributed by atoms with Crippen LogP contribution in [0.5, 0.6) is 5.75 Å². The van der Waals surface area contributed by atoms with E-state index in [2.05, 4.69) is 10.2 Å². The van der Waals surface area contributed by atoms with Gasteiger partial charge in [0.25, 0.3) is 0 Å². The molecule has 1 heterocycles. The van der Waals surface area contributed by atoms with Gasteiger partial charge in [-0.15, -0.1) is 0 Å². The molecule has 0 radical (unpaired) electrons. The maximum Gasteiger partial charge on any atom is 0.234 e. The van der Waals surface area contributed by atoms with Crippen LogP contribution in [0.25, 0.3) is 0 Å². The molecule has 2 unspecified atom stereocenters. The quantitative estimate of drug-likeness (QED) is 0.803. The lowest BCUT2D eigenvalue weighted by Gasteiger charge is -2.34. The first-order chi connectivity index (χ1) is 11.7. The number of carbonyl (C=O) groups excluding carboxylic acids is 1. The molecule has 5 heteroatoms. The number of aliphatic hydroxyl groups excluding tert-OH is 1. The minimum absolute atomic E-state index is 0.0584. The zero-order chi connectivity index (χ0) is 16.9. The average Bonchev–Trinajstić information content (AvgIpc) is 3.45. The maximum atomic E-state index is 12.6. The average molecular weight is 332 g/mol. The number of nitrogens with zero attached hydrogens (tertiary/aromatic N) is 1. The van der Waals surface area contributed by atoms with Gasteiger partial charge in [-0.25, -0.2) is 0 Å². The van der Waals surface area contributed by atoms with Crippen LogP contribution in [0.3, 0.4) is 0 Å². The first-order valence-corrected chi connectivity index (χ1v) is 8.99. The number of piperidine rings is 1. The van der Waals surface area contributed by atoms with Crippen molar-refractivity contribution in [2.75, 3.05) is 26.8 Å². The lowest BCUT2D eigenvalue weighted by atomic mass is 10.0. The fourth-order valence-corrected chi connectivity index (χ4v) is 3.59. The summed E-state index contributed by atoms with van der Waals surface area (Å²) < 4.78 is 5.21. The van der Waals surface area contributed by atoms with Crippen molar-refractivity contribution in [3.63, 3.8) is 0 Å². The topological polar surface area (TPSA) is 61.8 Å². The summed E-state index contributed by atoms with van der Waals surface area (Å²) in [5.41, 5.74) is 1.14. The fourth-order valence-electron chi connectivity index (χ4n) is 3.59. The van der Waals surface area contributed by atoms with Crippen molar-refractivity contribution < 1.29 is 14.6 Å². The lowest BCUT2D eigenvalue weighted by molar-refractivity contribution is -0.124. The Balaban J connectivity index is 1.61. The molecule has 1 amide bonds. The van der Waals surface area contributed by atoms with Gasteiger partial charge in [-0.05, 0) is 55.8 Å². The summed E-state index contributed by atoms with van der Waals surface area (Å²) in [4.78, 5) is 14.7. The van der Waals surface area contributed by atoms with E-state index in [1.165, 1.54) is 12.8 Å². The Morgan fingerprint density at radius 1 is 1.29 bits per heavy atom. The van der Waals surface area contributed by atoms with Gasteiger partial charge in [-0.2, -0.15) is 0 Å². The van der Waals surface area contributed by atoms with Crippen LogP contribution in [-0.2, 0) is 4.79 Å². The molecule has 2 N–H and O–H groups in total. The minimum atomic E-state index is 0.0584. The summed E-state index contributed by atoms with van der Waals surface area (Å²) in [7, 11) is 1.66. The Morgan fingerprint density at radius 3 is 2.67 bits per heavy atom. The highest BCUT2D eigenvalue weighted by atomic mass is 16.5. The second kappa shape index (κ2) is 7.99. The third-order valence-electron chi connectivity index (χ3n) is 5.19. The van der Waals surface area contributed by atoms with Crippen LogP contribution in [0, 0.1) is 5.92 Å². The van der Waals surface area contributed by atoms with Crippen LogP contribution < -0.4 is 10.1 Å². The molecule has 1 saturated heterocycles. The predicted molar refractivity (Wildman–Crippen MR) is 92.9 cm³/mol. The van der Waals surface area contributed by atoms with Gasteiger partial charge in [-0.1, -0.05) is 18.6 Å². The van der Waals surface area contributed by atoms with E-state index in [9.17, 15) is 9.90 Å². The van der Waals surface area contributed by atoms with E-state index in [1.807, 2.05) is 24.3 Å². The van der Waals surface area contributed by atoms with Gasteiger partial charge in [0, 0.05) is 6.04 Å². The molecule has 1 aliphatic carbocycles. The third kappa shape index (κ3) is 4.28. The summed E-state index contributed by atoms with van der Waals surface area (Å²) in [6, 6.07) is 8.19. The zero-order valence-electron chi connectivity index (χ0n) is 14.4. The van der Waals surface area contributed by atoms with E-state index in [4.69, 9.17) is 4.74 Å². The monoisotopic (exact) mass is 332 g/mol. The molecular formula is C19H28N2O3. The number of amides is 1. The van der Waals surface area contributed by atoms with Gasteiger partial charge in [0.15, 0.2) is 0 Å². The maximum absolute atomic E-state index is 12.6. The van der Waals surface area contributed by atoms with E-state index >= 15 is 0 Å². The van der Waals surface area contributed by atoms with Gasteiger partial charge in [0.2, 0.25) is 5.91 Å². The van der Waals surface area contributed by atoms with Crippen molar-refractivity contribution in [2.24, 2.45) is 5.92 Å². The van der Waals surface area contributed by atoms with E-state index in [-0.39, 0.29) is 24.6 Å². The summed E-state index contributed by atoms with van der Waals surface area (Å²) in [6.07, 6.45) is 5.56. The molecule has 1 aromatic carbocycles. The molecule has 2 aliphatic rings. The van der Waals surface area contributed by atoms with Crippen molar-refractivity contribution in [3.8, 4) is 5.75 Å². The fraction of sp³-hybridized carbons (Fsp3) is 0.632. The van der Waals surface area contributed by atoms with Gasteiger partial charge in [-0.3, -0.25) is 9.69 Å². The van der Waals surface area contributed by atoms with Crippen LogP contribution >= 0.6 is 0 Å². The van der Waals surface area contributed by atoms with Crippen LogP contribution in [0.2, 0.25) is 0 Å². The van der Waals surface area contributed by atoms with Crippen molar-refractivity contribution in [2.45, 2.75) is 44.2 Å². The Morgan fingerprint density at radius 2 is 2.04 bits per heavy atom. The van der Waals surface area contributed by atoms with Crippen LogP contribution in [-0.4, -0.2) is 48.8 Å². The summed E-state index contributed by atoms with van der Waals surface area (Å²) in [6.45, 7) is 1.41. The molecule has 2 atom stereocenters. The zero-order valence-corrected chi connectivity index (χ0v) is 14.4. The second-order valence-electron chi connectivity index (χ2n) is 6.96. The van der Waals surface area contributed by atoms with Crippen molar-refractivity contribution in [3.05, 3.63) is 29.8 Å². The van der Waals surface area contributed by atoms with E-state index in [1.54, 1.807) is 7.11 Å². The highest BCUT2D eigenvalue weighted by Gasteiger charge is 2.34. The van der Waals surface area contributed by atoms with Crippen molar-refractivity contribution in [1.82, 2.24) is 10.2 Å². The minimum Gasteiger partial charge on any atom is -0.497 e. The van der Waals surface area contributed by atoms with Gasteiger partial charge >= 0.3 is 0 Å². The molecule has 132 valence electrons. The van der Waals surface area contributed by atoms with Crippen LogP contribution in [0.4, 0.5) is 0 Å². The van der Waals surface area contributed by atoms with Gasteiger partial charge in [0.05, 0.1) is 26.3 Å². The summed E-state index contributed by atoms with van der Waals surface area (Å²) in [5.74, 6) is 1.43. The number of methoxy groups -OCH3 is 1. The standard InChI is InChI=1S/C19H28N2O3/c1-24-17-9-7-15(8-10-17)19(14-5-6-14)20-18(23)12-21-11-3-2-4-16(21)13-22/h7-10,14,16,19,22H,2-6,11-13H2,1H3,(H,20,23). The van der Waals surface area contributed by atoms with Crippen molar-refractivity contribution >= 4 is 5.91 Å². The predicted octanol–water partition coefficient (Wildman–Crippen LogP) is 2.11. The normalized spacial score (nSPS) is 22.8. The number of likely N-dealkylation sites (tertiary alicyclic amines) is 1. The molecule has 2 fully saturated rings. The number of hydrogen-bond donors (Lipinski definition) is 2. The molecule has 0 spiro atoms. The number of rotatable bonds is 7. The lowest BCUT2D eigenvalue weighted by Crippen LogP contribution is -2.47. The SMILES string of the molecule is COc1ccc(C(NC(=O)CN2CCCCC2CO)C2CC2)cc1. The van der Waals surface area contributed by atoms with Crippen LogP contribution in [0.1, 0.15) is 43.7 Å². The molecular weight excluding hydrogens is 304 g/mol. The van der Waals surface area contributed by atoms with Crippen LogP contribution in [0.15, 0.2) is 24.3 Å². The summed E-state index contributed by atoms with van der Waals surface area (Å²) >= 11 is 0. The third-order valence-corrected chi connectivity index (χ3v) is 5.19. The largest absolute Gasteiger partial charge is 0.497 e. The van der Waals surface area contributed by atoms with E-state index in [0.717, 1.165) is 37.1 Å². The molecule has 24 heavy (non-hydrogen) atoms. The Kier molecular flexibility index (Phi) is 5.74. The first-order valence-electron chi connectivity index (χ1n) is 8.99. The van der Waals surface area contributed by atoms with Gasteiger partial charge < -0.3 is 15.2 Å². The first kappa shape index (κ1) is 17.2. The molecule has 1 aromatic rings. The molecule has 3 rings (SSSR count). The molecule has 1 aliphatic heterocycles. The number of nitrogens with one attached hydrogen (secondary N) is 1. The second-order valence-corrected chi connectivity index (χ2v) is 6.96. The van der Waals surface area contributed by atoms with Gasteiger partial charge in [0.1, 0.15) is 5.75 Å². The van der Waals surface area contributed by atoms with E-state index in [0.29, 0.717) is 12.5 Å². The Labute approximate surface area is 144 Å². The van der Waals surface area contributed by atoms with E-state index < -0.39 is 0 Å². The summed E-state index contributed by atoms with van der Waals surface area (Å²) in [5, 5.41) is 12.7. The molecule has 0 bridgehead atoms. The smallest absolute Gasteiger partial charge is 0.234 e. The molecule has 0 aromatic heterocycles. The number of hydrogen-bond acceptors (Lipinski definition) is 4. The number of aliphatic hydroxyl groups is 1. The molecule has 1 saturated carbocycles. The molecule has 5 nitrogen and oxygen atoms in total. The number of benzene rings is 1.